The van der Waals surface area contributed by atoms with Crippen LogP contribution in [0.4, 0.5) is 5.82 Å². The van der Waals surface area contributed by atoms with Gasteiger partial charge in [-0.2, -0.15) is 0 Å². The van der Waals surface area contributed by atoms with Gasteiger partial charge in [-0.15, -0.1) is 0 Å². The van der Waals surface area contributed by atoms with E-state index in [1.165, 1.54) is 25.4 Å². The molecule has 1 amide bonds. The Morgan fingerprint density at radius 2 is 2.15 bits per heavy atom. The summed E-state index contributed by atoms with van der Waals surface area (Å²) in [6.45, 7) is 1.18. The summed E-state index contributed by atoms with van der Waals surface area (Å²) in [5.41, 5.74) is 0. The minimum atomic E-state index is -0.421. The molecule has 20 heavy (non-hydrogen) atoms. The van der Waals surface area contributed by atoms with E-state index in [0.29, 0.717) is 24.8 Å². The monoisotopic (exact) mass is 280 g/mol. The topological polar surface area (TPSA) is 84.9 Å². The van der Waals surface area contributed by atoms with Crippen LogP contribution in [0.25, 0.3) is 0 Å². The highest BCUT2D eigenvalue weighted by Crippen LogP contribution is 2.17. The molecule has 0 saturated carbocycles. The first-order valence-electron chi connectivity index (χ1n) is 6.09. The first-order valence-corrected chi connectivity index (χ1v) is 6.09. The van der Waals surface area contributed by atoms with Gasteiger partial charge in [0.15, 0.2) is 0 Å². The standard InChI is InChI=1S/C12H16N4O4/c1-19-10-5-9(13-8-14-10)15-3-4-16(11(17)6-15)7-12(18)20-2/h5,8H,3-4,6-7H2,1-2H3. The molecule has 0 aromatic carbocycles. The molecule has 1 aliphatic rings. The van der Waals surface area contributed by atoms with E-state index in [0.717, 1.165) is 0 Å². The fourth-order valence-corrected chi connectivity index (χ4v) is 1.91. The van der Waals surface area contributed by atoms with Gasteiger partial charge in [-0.3, -0.25) is 9.59 Å². The Balaban J connectivity index is 2.01. The third kappa shape index (κ3) is 3.14. The Bertz CT molecular complexity index is 508. The molecule has 1 aromatic rings. The Hall–Kier alpha value is -2.38. The van der Waals surface area contributed by atoms with Gasteiger partial charge in [0.05, 0.1) is 20.8 Å². The smallest absolute Gasteiger partial charge is 0.325 e. The molecule has 0 N–H and O–H groups in total. The van der Waals surface area contributed by atoms with Crippen molar-refractivity contribution in [2.24, 2.45) is 0 Å². The van der Waals surface area contributed by atoms with Gasteiger partial charge < -0.3 is 19.3 Å². The predicted octanol–water partition coefficient (Wildman–Crippen LogP) is -0.693. The molecule has 108 valence electrons. The van der Waals surface area contributed by atoms with Gasteiger partial charge in [-0.25, -0.2) is 9.97 Å². The molecular formula is C12H16N4O4. The number of aromatic nitrogens is 2. The SMILES string of the molecule is COC(=O)CN1CCN(c2cc(OC)ncn2)CC1=O. The van der Waals surface area contributed by atoms with Crippen molar-refractivity contribution in [1.29, 1.82) is 0 Å². The van der Waals surface area contributed by atoms with Crippen molar-refractivity contribution in [2.75, 3.05) is 45.3 Å². The molecule has 0 spiro atoms. The zero-order valence-electron chi connectivity index (χ0n) is 11.4. The molecule has 8 nitrogen and oxygen atoms in total. The van der Waals surface area contributed by atoms with Gasteiger partial charge in [-0.05, 0) is 0 Å². The van der Waals surface area contributed by atoms with E-state index in [-0.39, 0.29) is 19.0 Å². The van der Waals surface area contributed by atoms with Crippen molar-refractivity contribution in [3.05, 3.63) is 12.4 Å². The van der Waals surface area contributed by atoms with Crippen LogP contribution in [0.3, 0.4) is 0 Å². The summed E-state index contributed by atoms with van der Waals surface area (Å²) >= 11 is 0. The molecule has 2 heterocycles. The first-order chi connectivity index (χ1) is 9.63. The van der Waals surface area contributed by atoms with Crippen molar-refractivity contribution >= 4 is 17.7 Å². The fourth-order valence-electron chi connectivity index (χ4n) is 1.91. The maximum absolute atomic E-state index is 12.0. The van der Waals surface area contributed by atoms with Crippen molar-refractivity contribution in [3.63, 3.8) is 0 Å². The van der Waals surface area contributed by atoms with Crippen LogP contribution in [0.1, 0.15) is 0 Å². The maximum atomic E-state index is 12.0. The van der Waals surface area contributed by atoms with Gasteiger partial charge in [-0.1, -0.05) is 0 Å². The zero-order valence-corrected chi connectivity index (χ0v) is 11.4. The number of rotatable bonds is 4. The summed E-state index contributed by atoms with van der Waals surface area (Å²) in [4.78, 5) is 34.5. The lowest BCUT2D eigenvalue weighted by molar-refractivity contribution is -0.147. The average molecular weight is 280 g/mol. The summed E-state index contributed by atoms with van der Waals surface area (Å²) in [5, 5.41) is 0. The average Bonchev–Trinajstić information content (AvgIpc) is 2.49. The largest absolute Gasteiger partial charge is 0.481 e. The quantitative estimate of drug-likeness (QED) is 0.675. The number of esters is 1. The number of anilines is 1. The van der Waals surface area contributed by atoms with Crippen LogP contribution in [0, 0.1) is 0 Å². The Kier molecular flexibility index (Phi) is 4.34. The summed E-state index contributed by atoms with van der Waals surface area (Å²) in [6.07, 6.45) is 1.39. The molecule has 2 rings (SSSR count). The molecule has 0 unspecified atom stereocenters. The number of carbonyl (C=O) groups excluding carboxylic acids is 2. The number of amides is 1. The highest BCUT2D eigenvalue weighted by Gasteiger charge is 2.26. The highest BCUT2D eigenvalue weighted by atomic mass is 16.5. The summed E-state index contributed by atoms with van der Waals surface area (Å²) in [6, 6.07) is 1.67. The zero-order chi connectivity index (χ0) is 14.5. The first kappa shape index (κ1) is 14.0. The fraction of sp³-hybridized carbons (Fsp3) is 0.500. The maximum Gasteiger partial charge on any atom is 0.325 e. The van der Waals surface area contributed by atoms with Crippen molar-refractivity contribution < 1.29 is 19.1 Å². The van der Waals surface area contributed by atoms with E-state index in [1.54, 1.807) is 6.07 Å². The van der Waals surface area contributed by atoms with Crippen LogP contribution in [0.2, 0.25) is 0 Å². The van der Waals surface area contributed by atoms with Gasteiger partial charge in [0, 0.05) is 19.2 Å². The van der Waals surface area contributed by atoms with Gasteiger partial charge in [0.1, 0.15) is 18.7 Å². The summed E-state index contributed by atoms with van der Waals surface area (Å²) in [7, 11) is 2.82. The van der Waals surface area contributed by atoms with E-state index >= 15 is 0 Å². The third-order valence-corrected chi connectivity index (χ3v) is 3.03. The molecule has 1 aromatic heterocycles. The van der Waals surface area contributed by atoms with Crippen LogP contribution in [0.5, 0.6) is 5.88 Å². The van der Waals surface area contributed by atoms with Crippen molar-refractivity contribution in [2.45, 2.75) is 0 Å². The van der Waals surface area contributed by atoms with Crippen molar-refractivity contribution in [1.82, 2.24) is 14.9 Å². The number of carbonyl (C=O) groups is 2. The number of methoxy groups -OCH3 is 2. The van der Waals surface area contributed by atoms with Gasteiger partial charge >= 0.3 is 5.97 Å². The molecule has 0 atom stereocenters. The normalized spacial score (nSPS) is 15.2. The number of nitrogens with zero attached hydrogens (tertiary/aromatic N) is 4. The summed E-state index contributed by atoms with van der Waals surface area (Å²) in [5.74, 6) is 0.511. The molecular weight excluding hydrogens is 264 g/mol. The third-order valence-electron chi connectivity index (χ3n) is 3.03. The highest BCUT2D eigenvalue weighted by molar-refractivity contribution is 5.86. The lowest BCUT2D eigenvalue weighted by Gasteiger charge is -2.34. The van der Waals surface area contributed by atoms with Crippen LogP contribution in [0.15, 0.2) is 12.4 Å². The summed E-state index contributed by atoms with van der Waals surface area (Å²) < 4.78 is 9.59. The van der Waals surface area contributed by atoms with E-state index in [9.17, 15) is 9.59 Å². The Morgan fingerprint density at radius 1 is 1.35 bits per heavy atom. The number of piperazine rings is 1. The molecule has 1 saturated heterocycles. The minimum absolute atomic E-state index is 0.0176. The van der Waals surface area contributed by atoms with E-state index in [1.807, 2.05) is 4.90 Å². The molecule has 1 fully saturated rings. The van der Waals surface area contributed by atoms with Gasteiger partial charge in [0.2, 0.25) is 11.8 Å². The second-order valence-corrected chi connectivity index (χ2v) is 4.23. The van der Waals surface area contributed by atoms with E-state index < -0.39 is 5.97 Å². The second kappa shape index (κ2) is 6.18. The van der Waals surface area contributed by atoms with E-state index in [2.05, 4.69) is 14.7 Å². The van der Waals surface area contributed by atoms with Crippen LogP contribution >= 0.6 is 0 Å². The predicted molar refractivity (Wildman–Crippen MR) is 69.4 cm³/mol. The molecule has 8 heteroatoms. The lowest BCUT2D eigenvalue weighted by Crippen LogP contribution is -2.52. The molecule has 0 aliphatic carbocycles. The molecule has 0 radical (unpaired) electrons. The van der Waals surface area contributed by atoms with E-state index in [4.69, 9.17) is 4.74 Å². The Morgan fingerprint density at radius 3 is 2.80 bits per heavy atom. The van der Waals surface area contributed by atoms with Crippen molar-refractivity contribution in [3.8, 4) is 5.88 Å². The second-order valence-electron chi connectivity index (χ2n) is 4.23. The van der Waals surface area contributed by atoms with Gasteiger partial charge in [0.25, 0.3) is 0 Å². The number of hydrogen-bond acceptors (Lipinski definition) is 7. The number of ether oxygens (including phenoxy) is 2. The molecule has 1 aliphatic heterocycles. The number of hydrogen-bond donors (Lipinski definition) is 0. The minimum Gasteiger partial charge on any atom is -0.481 e. The Labute approximate surface area is 116 Å². The lowest BCUT2D eigenvalue weighted by atomic mass is 10.3. The molecule has 0 bridgehead atoms. The van der Waals surface area contributed by atoms with Crippen LogP contribution in [-0.2, 0) is 14.3 Å². The van der Waals surface area contributed by atoms with Crippen LogP contribution in [-0.4, -0.2) is 67.1 Å². The van der Waals surface area contributed by atoms with Crippen LogP contribution < -0.4 is 9.64 Å².